The van der Waals surface area contributed by atoms with E-state index in [1.807, 2.05) is 0 Å². The lowest BCUT2D eigenvalue weighted by molar-refractivity contribution is -0.136. The third kappa shape index (κ3) is 4.28. The molecule has 0 radical (unpaired) electrons. The van der Waals surface area contributed by atoms with Crippen LogP contribution in [-0.4, -0.2) is 24.7 Å². The summed E-state index contributed by atoms with van der Waals surface area (Å²) in [7, 11) is 1.80. The van der Waals surface area contributed by atoms with Gasteiger partial charge in [0.15, 0.2) is 0 Å². The number of carboxylic acids is 1. The molecule has 2 N–H and O–H groups in total. The molecule has 0 aromatic heterocycles. The van der Waals surface area contributed by atoms with Crippen LogP contribution in [0.15, 0.2) is 36.5 Å². The van der Waals surface area contributed by atoms with Crippen LogP contribution in [0.1, 0.15) is 6.42 Å². The number of aliphatic carboxylic acids is 1. The Hall–Kier alpha value is -1.35. The molecule has 3 nitrogen and oxygen atoms in total. The van der Waals surface area contributed by atoms with Gasteiger partial charge >= 0.3 is 5.97 Å². The number of hydrogen-bond donors (Lipinski definition) is 2. The summed E-state index contributed by atoms with van der Waals surface area (Å²) in [5, 5.41) is 11.5. The SMILES string of the molecule is C=C/C(CNC)=C(\C=C)CC(=O)O. The van der Waals surface area contributed by atoms with Crippen LogP contribution >= 0.6 is 0 Å². The smallest absolute Gasteiger partial charge is 0.307 e. The number of carboxylic acid groups (broad SMARTS) is 1. The number of carbonyl (C=O) groups is 1. The van der Waals surface area contributed by atoms with Crippen molar-refractivity contribution in [2.75, 3.05) is 13.6 Å². The molecule has 0 fully saturated rings. The summed E-state index contributed by atoms with van der Waals surface area (Å²) < 4.78 is 0. The Morgan fingerprint density at radius 2 is 1.92 bits per heavy atom. The van der Waals surface area contributed by atoms with E-state index in [-0.39, 0.29) is 6.42 Å². The van der Waals surface area contributed by atoms with E-state index in [0.717, 1.165) is 5.57 Å². The largest absolute Gasteiger partial charge is 0.481 e. The van der Waals surface area contributed by atoms with E-state index >= 15 is 0 Å². The standard InChI is InChI=1S/C10H15NO2/c1-4-8(6-10(12)13)9(5-2)7-11-3/h4-5,11H,1-2,6-7H2,3H3,(H,12,13)/b9-8-. The summed E-state index contributed by atoms with van der Waals surface area (Å²) in [4.78, 5) is 10.5. The summed E-state index contributed by atoms with van der Waals surface area (Å²) in [6, 6.07) is 0. The van der Waals surface area contributed by atoms with Gasteiger partial charge in [0.2, 0.25) is 0 Å². The van der Waals surface area contributed by atoms with E-state index in [0.29, 0.717) is 12.1 Å². The number of likely N-dealkylation sites (N-methyl/N-ethyl adjacent to an activating group) is 1. The predicted octanol–water partition coefficient (Wildman–Crippen LogP) is 1.35. The van der Waals surface area contributed by atoms with Gasteiger partial charge in [-0.1, -0.05) is 25.3 Å². The van der Waals surface area contributed by atoms with Crippen LogP contribution in [0.5, 0.6) is 0 Å². The Morgan fingerprint density at radius 1 is 1.38 bits per heavy atom. The van der Waals surface area contributed by atoms with E-state index in [1.165, 1.54) is 0 Å². The summed E-state index contributed by atoms with van der Waals surface area (Å²) in [5.41, 5.74) is 1.58. The van der Waals surface area contributed by atoms with E-state index < -0.39 is 5.97 Å². The van der Waals surface area contributed by atoms with Gasteiger partial charge in [0.05, 0.1) is 6.42 Å². The van der Waals surface area contributed by atoms with E-state index in [4.69, 9.17) is 5.11 Å². The Balaban J connectivity index is 4.70. The molecule has 0 aromatic rings. The minimum Gasteiger partial charge on any atom is -0.481 e. The molecule has 0 bridgehead atoms. The first-order chi connectivity index (χ1) is 6.15. The molecule has 0 aliphatic rings. The molecular weight excluding hydrogens is 166 g/mol. The summed E-state index contributed by atoms with van der Waals surface area (Å²) in [5.74, 6) is -0.856. The highest BCUT2D eigenvalue weighted by molar-refractivity contribution is 5.71. The third-order valence-corrected chi connectivity index (χ3v) is 1.61. The number of allylic oxidation sites excluding steroid dienone is 1. The Kier molecular flexibility index (Phi) is 5.55. The quantitative estimate of drug-likeness (QED) is 0.608. The second-order valence-electron chi connectivity index (χ2n) is 2.56. The normalized spacial score (nSPS) is 11.8. The molecule has 0 atom stereocenters. The van der Waals surface area contributed by atoms with Gasteiger partial charge in [-0.3, -0.25) is 4.79 Å². The van der Waals surface area contributed by atoms with Gasteiger partial charge in [-0.15, -0.1) is 0 Å². The fourth-order valence-corrected chi connectivity index (χ4v) is 0.987. The van der Waals surface area contributed by atoms with Crippen LogP contribution in [0.25, 0.3) is 0 Å². The van der Waals surface area contributed by atoms with Crippen molar-refractivity contribution in [1.29, 1.82) is 0 Å². The van der Waals surface area contributed by atoms with Crippen molar-refractivity contribution in [2.45, 2.75) is 6.42 Å². The lowest BCUT2D eigenvalue weighted by Gasteiger charge is -2.05. The summed E-state index contributed by atoms with van der Waals surface area (Å²) in [6.07, 6.45) is 3.20. The van der Waals surface area contributed by atoms with Gasteiger partial charge < -0.3 is 10.4 Å². The number of hydrogen-bond acceptors (Lipinski definition) is 2. The fourth-order valence-electron chi connectivity index (χ4n) is 0.987. The Morgan fingerprint density at radius 3 is 2.23 bits per heavy atom. The topological polar surface area (TPSA) is 49.3 Å². The maximum atomic E-state index is 10.5. The van der Waals surface area contributed by atoms with Gasteiger partial charge in [0.25, 0.3) is 0 Å². The van der Waals surface area contributed by atoms with Crippen molar-refractivity contribution in [3.63, 3.8) is 0 Å². The average Bonchev–Trinajstić information content (AvgIpc) is 2.10. The first-order valence-electron chi connectivity index (χ1n) is 3.99. The summed E-state index contributed by atoms with van der Waals surface area (Å²) in [6.45, 7) is 7.79. The lowest BCUT2D eigenvalue weighted by Crippen LogP contribution is -2.11. The molecule has 0 unspecified atom stereocenters. The minimum atomic E-state index is -0.856. The molecule has 0 amide bonds. The third-order valence-electron chi connectivity index (χ3n) is 1.61. The molecule has 3 heteroatoms. The maximum absolute atomic E-state index is 10.5. The molecular formula is C10H15NO2. The van der Waals surface area contributed by atoms with Gasteiger partial charge in [0, 0.05) is 6.54 Å². The van der Waals surface area contributed by atoms with Crippen molar-refractivity contribution < 1.29 is 9.90 Å². The highest BCUT2D eigenvalue weighted by Crippen LogP contribution is 2.10. The molecule has 0 aromatic carbocycles. The monoisotopic (exact) mass is 181 g/mol. The molecule has 0 saturated carbocycles. The predicted molar refractivity (Wildman–Crippen MR) is 53.6 cm³/mol. The van der Waals surface area contributed by atoms with Gasteiger partial charge in [0.1, 0.15) is 0 Å². The molecule has 0 heterocycles. The Labute approximate surface area is 78.5 Å². The molecule has 0 spiro atoms. The molecule has 0 saturated heterocycles. The highest BCUT2D eigenvalue weighted by atomic mass is 16.4. The van der Waals surface area contributed by atoms with Gasteiger partial charge in [-0.25, -0.2) is 0 Å². The van der Waals surface area contributed by atoms with Gasteiger partial charge in [-0.05, 0) is 18.2 Å². The van der Waals surface area contributed by atoms with Crippen molar-refractivity contribution in [1.82, 2.24) is 5.32 Å². The fraction of sp³-hybridized carbons (Fsp3) is 0.300. The average molecular weight is 181 g/mol. The summed E-state index contributed by atoms with van der Waals surface area (Å²) >= 11 is 0. The Bertz CT molecular complexity index is 241. The van der Waals surface area contributed by atoms with E-state index in [1.54, 1.807) is 19.2 Å². The van der Waals surface area contributed by atoms with Crippen molar-refractivity contribution >= 4 is 5.97 Å². The highest BCUT2D eigenvalue weighted by Gasteiger charge is 2.04. The molecule has 0 rings (SSSR count). The lowest BCUT2D eigenvalue weighted by atomic mass is 10.1. The van der Waals surface area contributed by atoms with Crippen LogP contribution in [0.4, 0.5) is 0 Å². The van der Waals surface area contributed by atoms with E-state index in [2.05, 4.69) is 18.5 Å². The number of nitrogens with one attached hydrogen (secondary N) is 1. The van der Waals surface area contributed by atoms with Crippen LogP contribution in [0, 0.1) is 0 Å². The maximum Gasteiger partial charge on any atom is 0.307 e. The van der Waals surface area contributed by atoms with E-state index in [9.17, 15) is 4.79 Å². The molecule has 0 aliphatic heterocycles. The molecule has 72 valence electrons. The first kappa shape index (κ1) is 11.6. The zero-order valence-electron chi connectivity index (χ0n) is 7.84. The first-order valence-corrected chi connectivity index (χ1v) is 3.99. The van der Waals surface area contributed by atoms with Crippen molar-refractivity contribution in [3.8, 4) is 0 Å². The van der Waals surface area contributed by atoms with Crippen LogP contribution in [-0.2, 0) is 4.79 Å². The molecule has 0 aliphatic carbocycles. The zero-order valence-corrected chi connectivity index (χ0v) is 7.84. The van der Waals surface area contributed by atoms with Crippen molar-refractivity contribution in [3.05, 3.63) is 36.5 Å². The zero-order chi connectivity index (χ0) is 10.3. The van der Waals surface area contributed by atoms with Crippen LogP contribution in [0.2, 0.25) is 0 Å². The number of rotatable bonds is 6. The van der Waals surface area contributed by atoms with Crippen LogP contribution in [0.3, 0.4) is 0 Å². The second-order valence-corrected chi connectivity index (χ2v) is 2.56. The van der Waals surface area contributed by atoms with Crippen LogP contribution < -0.4 is 5.32 Å². The minimum absolute atomic E-state index is 0.00741. The second kappa shape index (κ2) is 6.20. The molecule has 13 heavy (non-hydrogen) atoms. The van der Waals surface area contributed by atoms with Gasteiger partial charge in [-0.2, -0.15) is 0 Å². The van der Waals surface area contributed by atoms with Crippen molar-refractivity contribution in [2.24, 2.45) is 0 Å².